The van der Waals surface area contributed by atoms with E-state index in [4.69, 9.17) is 17.3 Å². The molecule has 1 saturated heterocycles. The molecule has 9 heteroatoms. The maximum atomic E-state index is 12.5. The molecule has 1 unspecified atom stereocenters. The number of rotatable bonds is 6. The van der Waals surface area contributed by atoms with E-state index in [0.717, 1.165) is 29.9 Å². The van der Waals surface area contributed by atoms with Crippen molar-refractivity contribution < 1.29 is 9.59 Å². The van der Waals surface area contributed by atoms with Crippen molar-refractivity contribution in [2.24, 2.45) is 5.73 Å². The summed E-state index contributed by atoms with van der Waals surface area (Å²) >= 11 is 7.63. The summed E-state index contributed by atoms with van der Waals surface area (Å²) in [6.07, 6.45) is 6.66. The first kappa shape index (κ1) is 19.6. The molecule has 1 aromatic carbocycles. The van der Waals surface area contributed by atoms with Crippen molar-refractivity contribution in [1.29, 1.82) is 0 Å². The standard InChI is InChI=1S/C20H20ClN5O2S/c21-18-15(26-10-11-29-20(26)24-18)7-8-17(27)23-14-5-2-1-4-13(14)12-25-9-3-6-16(25)19(22)28/h1-2,4-5,7-8,10-11,16H,3,6,9,12H2,(H2,22,28)(H,23,27)/b8-7+. The third-order valence-corrected chi connectivity index (χ3v) is 6.02. The minimum absolute atomic E-state index is 0.254. The smallest absolute Gasteiger partial charge is 0.248 e. The second-order valence-electron chi connectivity index (χ2n) is 6.85. The highest BCUT2D eigenvalue weighted by molar-refractivity contribution is 7.15. The summed E-state index contributed by atoms with van der Waals surface area (Å²) in [6.45, 7) is 1.36. The number of thiazole rings is 1. The van der Waals surface area contributed by atoms with Crippen LogP contribution in [0.5, 0.6) is 0 Å². The second kappa shape index (κ2) is 8.36. The number of aromatic nitrogens is 2. The molecule has 3 heterocycles. The Hall–Kier alpha value is -2.68. The molecule has 7 nitrogen and oxygen atoms in total. The third kappa shape index (κ3) is 4.19. The molecule has 3 N–H and O–H groups in total. The molecule has 0 bridgehead atoms. The highest BCUT2D eigenvalue weighted by Gasteiger charge is 2.29. The second-order valence-corrected chi connectivity index (χ2v) is 8.09. The summed E-state index contributed by atoms with van der Waals surface area (Å²) in [6, 6.07) is 7.31. The summed E-state index contributed by atoms with van der Waals surface area (Å²) < 4.78 is 1.84. The Labute approximate surface area is 176 Å². The summed E-state index contributed by atoms with van der Waals surface area (Å²) in [5.41, 5.74) is 7.81. The number of anilines is 1. The number of nitrogens with one attached hydrogen (secondary N) is 1. The van der Waals surface area contributed by atoms with Crippen LogP contribution in [0.15, 0.2) is 41.9 Å². The number of primary amides is 1. The fourth-order valence-electron chi connectivity index (χ4n) is 3.59. The number of benzene rings is 1. The molecule has 29 heavy (non-hydrogen) atoms. The largest absolute Gasteiger partial charge is 0.368 e. The number of likely N-dealkylation sites (tertiary alicyclic amines) is 1. The maximum absolute atomic E-state index is 12.5. The lowest BCUT2D eigenvalue weighted by Gasteiger charge is -2.23. The van der Waals surface area contributed by atoms with Gasteiger partial charge in [-0.2, -0.15) is 0 Å². The van der Waals surface area contributed by atoms with Crippen LogP contribution in [-0.4, -0.2) is 38.7 Å². The van der Waals surface area contributed by atoms with Gasteiger partial charge >= 0.3 is 0 Å². The summed E-state index contributed by atoms with van der Waals surface area (Å²) in [5, 5.41) is 5.17. The molecule has 0 aliphatic carbocycles. The Morgan fingerprint density at radius 1 is 1.38 bits per heavy atom. The molecule has 1 fully saturated rings. The topological polar surface area (TPSA) is 92.7 Å². The zero-order valence-corrected chi connectivity index (χ0v) is 17.1. The highest BCUT2D eigenvalue weighted by Crippen LogP contribution is 2.25. The molecule has 1 aliphatic heterocycles. The number of nitrogens with two attached hydrogens (primary N) is 1. The predicted molar refractivity (Wildman–Crippen MR) is 115 cm³/mol. The average molecular weight is 430 g/mol. The molecule has 3 aromatic rings. The van der Waals surface area contributed by atoms with E-state index in [1.54, 1.807) is 6.08 Å². The van der Waals surface area contributed by atoms with Crippen LogP contribution in [0, 0.1) is 0 Å². The van der Waals surface area contributed by atoms with Crippen LogP contribution in [0.4, 0.5) is 5.69 Å². The molecule has 2 aromatic heterocycles. The van der Waals surface area contributed by atoms with Crippen LogP contribution in [0.3, 0.4) is 0 Å². The quantitative estimate of drug-likeness (QED) is 0.588. The number of hydrogen-bond donors (Lipinski definition) is 2. The normalized spacial score (nSPS) is 17.3. The Kier molecular flexibility index (Phi) is 5.66. The van der Waals surface area contributed by atoms with Crippen molar-refractivity contribution in [3.63, 3.8) is 0 Å². The Balaban J connectivity index is 1.48. The van der Waals surface area contributed by atoms with E-state index in [1.807, 2.05) is 40.2 Å². The maximum Gasteiger partial charge on any atom is 0.248 e. The lowest BCUT2D eigenvalue weighted by atomic mass is 10.1. The van der Waals surface area contributed by atoms with E-state index in [1.165, 1.54) is 17.4 Å². The Morgan fingerprint density at radius 2 is 2.21 bits per heavy atom. The number of amides is 2. The summed E-state index contributed by atoms with van der Waals surface area (Å²) in [4.78, 5) is 31.2. The molecule has 1 atom stereocenters. The zero-order chi connectivity index (χ0) is 20.4. The van der Waals surface area contributed by atoms with Crippen LogP contribution >= 0.6 is 22.9 Å². The van der Waals surface area contributed by atoms with E-state index < -0.39 is 0 Å². The van der Waals surface area contributed by atoms with Gasteiger partial charge in [0.05, 0.1) is 11.7 Å². The molecule has 0 radical (unpaired) electrons. The van der Waals surface area contributed by atoms with Crippen LogP contribution in [0.25, 0.3) is 11.0 Å². The first-order valence-electron chi connectivity index (χ1n) is 9.24. The van der Waals surface area contributed by atoms with E-state index in [-0.39, 0.29) is 17.9 Å². The van der Waals surface area contributed by atoms with Crippen LogP contribution in [0.2, 0.25) is 5.15 Å². The Bertz CT molecular complexity index is 1090. The number of hydrogen-bond acceptors (Lipinski definition) is 5. The SMILES string of the molecule is NC(=O)C1CCCN1Cc1ccccc1NC(=O)/C=C/c1c(Cl)nc2sccn12. The number of fused-ring (bicyclic) bond motifs is 1. The van der Waals surface area contributed by atoms with Gasteiger partial charge in [-0.3, -0.25) is 18.9 Å². The minimum atomic E-state index is -0.301. The summed E-state index contributed by atoms with van der Waals surface area (Å²) in [5.74, 6) is -0.573. The van der Waals surface area contributed by atoms with Crippen molar-refractivity contribution in [2.45, 2.75) is 25.4 Å². The van der Waals surface area contributed by atoms with Crippen LogP contribution in [0.1, 0.15) is 24.1 Å². The van der Waals surface area contributed by atoms with E-state index in [2.05, 4.69) is 15.2 Å². The van der Waals surface area contributed by atoms with Gasteiger partial charge in [-0.15, -0.1) is 11.3 Å². The van der Waals surface area contributed by atoms with Gasteiger partial charge in [0, 0.05) is 29.9 Å². The van der Waals surface area contributed by atoms with E-state index in [9.17, 15) is 9.59 Å². The lowest BCUT2D eigenvalue weighted by Crippen LogP contribution is -2.39. The number of para-hydroxylation sites is 1. The van der Waals surface area contributed by atoms with Gasteiger partial charge in [0.1, 0.15) is 0 Å². The van der Waals surface area contributed by atoms with Gasteiger partial charge in [-0.25, -0.2) is 4.98 Å². The van der Waals surface area contributed by atoms with Crippen molar-refractivity contribution in [1.82, 2.24) is 14.3 Å². The number of halogens is 1. The minimum Gasteiger partial charge on any atom is -0.368 e. The molecule has 0 spiro atoms. The first-order chi connectivity index (χ1) is 14.0. The first-order valence-corrected chi connectivity index (χ1v) is 10.5. The highest BCUT2D eigenvalue weighted by atomic mass is 35.5. The zero-order valence-electron chi connectivity index (χ0n) is 15.5. The average Bonchev–Trinajstić information content (AvgIpc) is 3.38. The molecular formula is C20H20ClN5O2S. The lowest BCUT2D eigenvalue weighted by molar-refractivity contribution is -0.122. The van der Waals surface area contributed by atoms with E-state index in [0.29, 0.717) is 23.1 Å². The Morgan fingerprint density at radius 3 is 3.03 bits per heavy atom. The fourth-order valence-corrected chi connectivity index (χ4v) is 4.60. The monoisotopic (exact) mass is 429 g/mol. The number of carbonyl (C=O) groups is 2. The number of imidazole rings is 1. The van der Waals surface area contributed by atoms with Gasteiger partial charge in [0.25, 0.3) is 0 Å². The number of carbonyl (C=O) groups excluding carboxylic acids is 2. The fraction of sp³-hybridized carbons (Fsp3) is 0.250. The van der Waals surface area contributed by atoms with Crippen LogP contribution in [-0.2, 0) is 16.1 Å². The van der Waals surface area contributed by atoms with Gasteiger partial charge in [0.15, 0.2) is 10.1 Å². The molecular weight excluding hydrogens is 410 g/mol. The molecule has 2 amide bonds. The van der Waals surface area contributed by atoms with Crippen molar-refractivity contribution in [3.05, 3.63) is 58.3 Å². The summed E-state index contributed by atoms with van der Waals surface area (Å²) in [7, 11) is 0. The van der Waals surface area contributed by atoms with Gasteiger partial charge < -0.3 is 11.1 Å². The molecule has 4 rings (SSSR count). The predicted octanol–water partition coefficient (Wildman–Crippen LogP) is 3.15. The number of nitrogens with zero attached hydrogens (tertiary/aromatic N) is 3. The van der Waals surface area contributed by atoms with Crippen LogP contribution < -0.4 is 11.1 Å². The molecule has 150 valence electrons. The van der Waals surface area contributed by atoms with Gasteiger partial charge in [0.2, 0.25) is 11.8 Å². The van der Waals surface area contributed by atoms with Gasteiger partial charge in [-0.05, 0) is 37.1 Å². The van der Waals surface area contributed by atoms with Crippen molar-refractivity contribution in [2.75, 3.05) is 11.9 Å². The molecule has 1 aliphatic rings. The third-order valence-electron chi connectivity index (χ3n) is 4.99. The molecule has 0 saturated carbocycles. The van der Waals surface area contributed by atoms with Crippen molar-refractivity contribution >= 4 is 51.5 Å². The van der Waals surface area contributed by atoms with E-state index >= 15 is 0 Å². The van der Waals surface area contributed by atoms with Crippen molar-refractivity contribution in [3.8, 4) is 0 Å². The van der Waals surface area contributed by atoms with Gasteiger partial charge in [-0.1, -0.05) is 29.8 Å².